The molecule has 4 nitrogen and oxygen atoms in total. The number of hydrogen-bond donors (Lipinski definition) is 3. The summed E-state index contributed by atoms with van der Waals surface area (Å²) < 4.78 is 0. The molecule has 0 unspecified atom stereocenters. The van der Waals surface area contributed by atoms with Crippen molar-refractivity contribution >= 4 is 11.7 Å². The molecule has 1 aliphatic carbocycles. The van der Waals surface area contributed by atoms with Crippen molar-refractivity contribution in [1.82, 2.24) is 5.32 Å². The molecule has 0 saturated heterocycles. The average molecular weight is 192 g/mol. The molecule has 74 valence electrons. The summed E-state index contributed by atoms with van der Waals surface area (Å²) in [6.45, 7) is 2.68. The summed E-state index contributed by atoms with van der Waals surface area (Å²) >= 11 is 0. The Morgan fingerprint density at radius 3 is 2.93 bits per heavy atom. The van der Waals surface area contributed by atoms with Crippen molar-refractivity contribution in [3.8, 4) is 0 Å². The summed E-state index contributed by atoms with van der Waals surface area (Å²) in [6, 6.07) is 0. The Labute approximate surface area is 82.1 Å². The molecule has 0 amide bonds. The van der Waals surface area contributed by atoms with Crippen LogP contribution in [0.1, 0.15) is 6.92 Å². The normalized spacial score (nSPS) is 18.2. The van der Waals surface area contributed by atoms with E-state index in [1.807, 2.05) is 6.92 Å². The van der Waals surface area contributed by atoms with Crippen molar-refractivity contribution in [2.75, 3.05) is 6.54 Å². The van der Waals surface area contributed by atoms with Gasteiger partial charge in [-0.3, -0.25) is 0 Å². The fourth-order valence-electron chi connectivity index (χ4n) is 1.03. The summed E-state index contributed by atoms with van der Waals surface area (Å²) in [5.74, 6) is -0.976. The molecule has 14 heavy (non-hydrogen) atoms. The zero-order valence-electron chi connectivity index (χ0n) is 7.87. The molecule has 1 rings (SSSR count). The highest BCUT2D eigenvalue weighted by Crippen LogP contribution is 2.12. The number of carboxylic acid groups (broad SMARTS) is 1. The maximum atomic E-state index is 10.6. The maximum absolute atomic E-state index is 10.6. The highest BCUT2D eigenvalue weighted by atomic mass is 16.4. The lowest BCUT2D eigenvalue weighted by atomic mass is 10.0. The van der Waals surface area contributed by atoms with Gasteiger partial charge in [0.25, 0.3) is 0 Å². The number of aliphatic carboxylic acids is 1. The predicted octanol–water partition coefficient (Wildman–Crippen LogP) is 1.08. The van der Waals surface area contributed by atoms with Crippen molar-refractivity contribution in [1.29, 1.82) is 5.41 Å². The number of carboxylic acids is 1. The van der Waals surface area contributed by atoms with Crippen molar-refractivity contribution in [2.24, 2.45) is 0 Å². The van der Waals surface area contributed by atoms with Crippen LogP contribution in [0.4, 0.5) is 0 Å². The molecule has 0 saturated carbocycles. The molecule has 4 heteroatoms. The van der Waals surface area contributed by atoms with E-state index < -0.39 is 5.97 Å². The monoisotopic (exact) mass is 192 g/mol. The fraction of sp³-hybridized carbons (Fsp3) is 0.200. The van der Waals surface area contributed by atoms with Crippen molar-refractivity contribution < 1.29 is 9.90 Å². The minimum atomic E-state index is -0.976. The Balaban J connectivity index is 2.91. The first-order chi connectivity index (χ1) is 6.65. The smallest absolute Gasteiger partial charge is 0.335 e. The molecule has 0 aromatic heterocycles. The van der Waals surface area contributed by atoms with Gasteiger partial charge in [-0.2, -0.15) is 0 Å². The zero-order valence-corrected chi connectivity index (χ0v) is 7.87. The van der Waals surface area contributed by atoms with Crippen molar-refractivity contribution in [3.63, 3.8) is 0 Å². The molecular weight excluding hydrogens is 180 g/mol. The Morgan fingerprint density at radius 2 is 2.36 bits per heavy atom. The second-order valence-electron chi connectivity index (χ2n) is 2.81. The maximum Gasteiger partial charge on any atom is 0.335 e. The van der Waals surface area contributed by atoms with Gasteiger partial charge in [0, 0.05) is 18.3 Å². The quantitative estimate of drug-likeness (QED) is 0.626. The molecule has 0 aromatic rings. The topological polar surface area (TPSA) is 73.2 Å². The van der Waals surface area contributed by atoms with Crippen LogP contribution in [0.25, 0.3) is 0 Å². The third kappa shape index (κ3) is 2.32. The van der Waals surface area contributed by atoms with Crippen LogP contribution in [0.5, 0.6) is 0 Å². The fourth-order valence-corrected chi connectivity index (χ4v) is 1.03. The molecule has 1 aliphatic rings. The first-order valence-electron chi connectivity index (χ1n) is 4.30. The third-order valence-corrected chi connectivity index (χ3v) is 1.76. The van der Waals surface area contributed by atoms with E-state index in [4.69, 9.17) is 10.5 Å². The van der Waals surface area contributed by atoms with Crippen LogP contribution in [0, 0.1) is 5.41 Å². The second kappa shape index (κ2) is 4.41. The van der Waals surface area contributed by atoms with E-state index in [0.717, 1.165) is 6.54 Å². The van der Waals surface area contributed by atoms with E-state index in [1.54, 1.807) is 6.20 Å². The molecule has 3 N–H and O–H groups in total. The van der Waals surface area contributed by atoms with Crippen LogP contribution in [0.3, 0.4) is 0 Å². The number of nitrogens with one attached hydrogen (secondary N) is 2. The van der Waals surface area contributed by atoms with Gasteiger partial charge in [0.2, 0.25) is 0 Å². The summed E-state index contributed by atoms with van der Waals surface area (Å²) in [4.78, 5) is 10.6. The Kier molecular flexibility index (Phi) is 3.23. The lowest BCUT2D eigenvalue weighted by molar-refractivity contribution is -0.132. The highest BCUT2D eigenvalue weighted by molar-refractivity contribution is 6.12. The van der Waals surface area contributed by atoms with E-state index in [9.17, 15) is 4.79 Å². The number of rotatable bonds is 3. The minimum absolute atomic E-state index is 0.199. The van der Waals surface area contributed by atoms with Gasteiger partial charge in [0.1, 0.15) is 0 Å². The van der Waals surface area contributed by atoms with E-state index in [-0.39, 0.29) is 5.57 Å². The summed E-state index contributed by atoms with van der Waals surface area (Å²) in [7, 11) is 0. The van der Waals surface area contributed by atoms with E-state index in [2.05, 4.69) is 5.32 Å². The molecule has 0 atom stereocenters. The summed E-state index contributed by atoms with van der Waals surface area (Å²) in [5, 5.41) is 19.2. The van der Waals surface area contributed by atoms with E-state index >= 15 is 0 Å². The van der Waals surface area contributed by atoms with Crippen LogP contribution in [-0.2, 0) is 4.79 Å². The molecular formula is C10H12N2O2. The number of allylic oxidation sites excluding steroid dienone is 3. The van der Waals surface area contributed by atoms with Gasteiger partial charge in [0.15, 0.2) is 0 Å². The molecule has 0 heterocycles. The first-order valence-corrected chi connectivity index (χ1v) is 4.30. The average Bonchev–Trinajstić information content (AvgIpc) is 2.16. The van der Waals surface area contributed by atoms with Gasteiger partial charge >= 0.3 is 5.97 Å². The standard InChI is InChI=1S/C10H12N2O2/c1-2-12-6-8-5-7(10(13)14)3-4-9(8)11/h3-6,11-12H,2H2,1H3,(H,13,14)/b8-6-,11-9?. The van der Waals surface area contributed by atoms with Crippen molar-refractivity contribution in [3.05, 3.63) is 35.6 Å². The Morgan fingerprint density at radius 1 is 1.64 bits per heavy atom. The number of hydrogen-bond acceptors (Lipinski definition) is 3. The lowest BCUT2D eigenvalue weighted by Crippen LogP contribution is -2.11. The van der Waals surface area contributed by atoms with Crippen LogP contribution in [-0.4, -0.2) is 23.3 Å². The zero-order chi connectivity index (χ0) is 10.6. The first kappa shape index (κ1) is 10.2. The van der Waals surface area contributed by atoms with Crippen molar-refractivity contribution in [2.45, 2.75) is 6.92 Å². The van der Waals surface area contributed by atoms with Crippen LogP contribution < -0.4 is 5.32 Å². The minimum Gasteiger partial charge on any atom is -0.478 e. The Hall–Kier alpha value is -1.84. The van der Waals surface area contributed by atoms with Gasteiger partial charge in [-0.25, -0.2) is 4.79 Å². The SMILES string of the molecule is CCN/C=C1/C=C(C(=O)O)C=CC1=N. The molecule has 0 radical (unpaired) electrons. The Bertz CT molecular complexity index is 351. The second-order valence-corrected chi connectivity index (χ2v) is 2.81. The molecule has 0 spiro atoms. The predicted molar refractivity (Wildman–Crippen MR) is 54.3 cm³/mol. The lowest BCUT2D eigenvalue weighted by Gasteiger charge is -2.07. The van der Waals surface area contributed by atoms with Crippen LogP contribution in [0.2, 0.25) is 0 Å². The van der Waals surface area contributed by atoms with Crippen LogP contribution in [0.15, 0.2) is 35.6 Å². The van der Waals surface area contributed by atoms with E-state index in [0.29, 0.717) is 11.3 Å². The van der Waals surface area contributed by atoms with Gasteiger partial charge in [-0.1, -0.05) is 0 Å². The number of carbonyl (C=O) groups is 1. The molecule has 0 aromatic carbocycles. The van der Waals surface area contributed by atoms with Gasteiger partial charge in [0.05, 0.1) is 11.3 Å². The molecule has 0 aliphatic heterocycles. The van der Waals surface area contributed by atoms with E-state index in [1.165, 1.54) is 18.2 Å². The highest BCUT2D eigenvalue weighted by Gasteiger charge is 2.11. The molecule has 0 bridgehead atoms. The summed E-state index contributed by atoms with van der Waals surface area (Å²) in [5.41, 5.74) is 1.10. The van der Waals surface area contributed by atoms with Crippen LogP contribution >= 0.6 is 0 Å². The summed E-state index contributed by atoms with van der Waals surface area (Å²) in [6.07, 6.45) is 6.03. The largest absolute Gasteiger partial charge is 0.478 e. The van der Waals surface area contributed by atoms with Gasteiger partial charge in [-0.05, 0) is 25.2 Å². The molecule has 0 fully saturated rings. The van der Waals surface area contributed by atoms with Gasteiger partial charge < -0.3 is 15.8 Å². The van der Waals surface area contributed by atoms with Gasteiger partial charge in [-0.15, -0.1) is 0 Å². The third-order valence-electron chi connectivity index (χ3n) is 1.76.